The van der Waals surface area contributed by atoms with Crippen LogP contribution in [0.2, 0.25) is 5.02 Å². The van der Waals surface area contributed by atoms with Gasteiger partial charge in [-0.15, -0.1) is 0 Å². The molecule has 0 bridgehead atoms. The third-order valence-corrected chi connectivity index (χ3v) is 3.17. The van der Waals surface area contributed by atoms with Crippen LogP contribution in [0, 0.1) is 0 Å². The summed E-state index contributed by atoms with van der Waals surface area (Å²) in [5.74, 6) is 0.310. The third-order valence-electron chi connectivity index (χ3n) is 2.92. The lowest BCUT2D eigenvalue weighted by Gasteiger charge is -2.09. The Hall–Kier alpha value is -1.80. The van der Waals surface area contributed by atoms with Gasteiger partial charge in [0, 0.05) is 16.3 Å². The highest BCUT2D eigenvalue weighted by Crippen LogP contribution is 2.19. The highest BCUT2D eigenvalue weighted by Gasteiger charge is 2.07. The molecule has 0 spiro atoms. The fraction of sp³-hybridized carbons (Fsp3) is 0.188. The number of nitrogens with one attached hydrogen (secondary N) is 1. The van der Waals surface area contributed by atoms with Gasteiger partial charge < -0.3 is 5.32 Å². The van der Waals surface area contributed by atoms with Crippen molar-refractivity contribution >= 4 is 23.2 Å². The van der Waals surface area contributed by atoms with E-state index in [0.29, 0.717) is 16.5 Å². The zero-order valence-corrected chi connectivity index (χ0v) is 11.7. The molecule has 0 saturated carbocycles. The van der Waals surface area contributed by atoms with Crippen molar-refractivity contribution in [3.05, 3.63) is 64.7 Å². The molecule has 1 N–H and O–H groups in total. The highest BCUT2D eigenvalue weighted by molar-refractivity contribution is 6.30. The van der Waals surface area contributed by atoms with Crippen LogP contribution in [-0.4, -0.2) is 5.91 Å². The van der Waals surface area contributed by atoms with E-state index in [4.69, 9.17) is 11.6 Å². The van der Waals surface area contributed by atoms with Gasteiger partial charge in [-0.25, -0.2) is 0 Å². The number of benzene rings is 2. The monoisotopic (exact) mass is 273 g/mol. The van der Waals surface area contributed by atoms with E-state index in [0.717, 1.165) is 5.69 Å². The van der Waals surface area contributed by atoms with Crippen molar-refractivity contribution in [1.82, 2.24) is 0 Å². The van der Waals surface area contributed by atoms with Crippen LogP contribution < -0.4 is 5.32 Å². The summed E-state index contributed by atoms with van der Waals surface area (Å²) >= 11 is 5.80. The molecule has 0 heterocycles. The Balaban J connectivity index is 2.14. The molecule has 0 saturated heterocycles. The summed E-state index contributed by atoms with van der Waals surface area (Å²) in [6.45, 7) is 4.25. The fourth-order valence-corrected chi connectivity index (χ4v) is 1.91. The maximum Gasteiger partial charge on any atom is 0.255 e. The van der Waals surface area contributed by atoms with Crippen molar-refractivity contribution in [1.29, 1.82) is 0 Å². The van der Waals surface area contributed by atoms with Crippen LogP contribution >= 0.6 is 11.6 Å². The summed E-state index contributed by atoms with van der Waals surface area (Å²) in [7, 11) is 0. The molecule has 2 rings (SSSR count). The first-order chi connectivity index (χ1) is 9.06. The van der Waals surface area contributed by atoms with Crippen molar-refractivity contribution < 1.29 is 4.79 Å². The maximum atomic E-state index is 12.1. The van der Waals surface area contributed by atoms with E-state index in [2.05, 4.69) is 25.2 Å². The minimum atomic E-state index is -0.127. The Morgan fingerprint density at radius 1 is 1.11 bits per heavy atom. The molecule has 2 nitrogen and oxygen atoms in total. The summed E-state index contributed by atoms with van der Waals surface area (Å²) in [5, 5.41) is 3.51. The molecule has 2 aromatic carbocycles. The van der Waals surface area contributed by atoms with E-state index in [9.17, 15) is 4.79 Å². The summed E-state index contributed by atoms with van der Waals surface area (Å²) in [6.07, 6.45) is 0. The van der Waals surface area contributed by atoms with E-state index in [1.165, 1.54) is 5.56 Å². The molecule has 98 valence electrons. The SMILES string of the molecule is CC(C)c1cccc(NC(=O)c2ccc(Cl)cc2)c1. The van der Waals surface area contributed by atoms with Crippen LogP contribution in [-0.2, 0) is 0 Å². The first-order valence-electron chi connectivity index (χ1n) is 6.23. The van der Waals surface area contributed by atoms with Gasteiger partial charge in [0.15, 0.2) is 0 Å². The van der Waals surface area contributed by atoms with Crippen LogP contribution in [0.25, 0.3) is 0 Å². The predicted molar refractivity (Wildman–Crippen MR) is 79.9 cm³/mol. The molecule has 0 aromatic heterocycles. The molecule has 0 aliphatic rings. The average molecular weight is 274 g/mol. The molecule has 0 fully saturated rings. The van der Waals surface area contributed by atoms with Gasteiger partial charge in [0.1, 0.15) is 0 Å². The van der Waals surface area contributed by atoms with Crippen molar-refractivity contribution in [2.75, 3.05) is 5.32 Å². The smallest absolute Gasteiger partial charge is 0.255 e. The van der Waals surface area contributed by atoms with Crippen LogP contribution in [0.15, 0.2) is 48.5 Å². The Bertz CT molecular complexity index is 576. The minimum Gasteiger partial charge on any atom is -0.322 e. The van der Waals surface area contributed by atoms with Crippen LogP contribution in [0.3, 0.4) is 0 Å². The van der Waals surface area contributed by atoms with Crippen LogP contribution in [0.4, 0.5) is 5.69 Å². The lowest BCUT2D eigenvalue weighted by Crippen LogP contribution is -2.11. The Morgan fingerprint density at radius 2 is 1.79 bits per heavy atom. The summed E-state index contributed by atoms with van der Waals surface area (Å²) in [4.78, 5) is 12.1. The van der Waals surface area contributed by atoms with Gasteiger partial charge in [0.05, 0.1) is 0 Å². The van der Waals surface area contributed by atoms with E-state index >= 15 is 0 Å². The second-order valence-corrected chi connectivity index (χ2v) is 5.18. The quantitative estimate of drug-likeness (QED) is 0.862. The van der Waals surface area contributed by atoms with Gasteiger partial charge in [-0.1, -0.05) is 37.6 Å². The molecule has 1 amide bonds. The number of rotatable bonds is 3. The largest absolute Gasteiger partial charge is 0.322 e. The maximum absolute atomic E-state index is 12.1. The standard InChI is InChI=1S/C16H16ClNO/c1-11(2)13-4-3-5-15(10-13)18-16(19)12-6-8-14(17)9-7-12/h3-11H,1-2H3,(H,18,19). The zero-order chi connectivity index (χ0) is 13.8. The lowest BCUT2D eigenvalue weighted by atomic mass is 10.0. The second kappa shape index (κ2) is 5.89. The number of halogens is 1. The summed E-state index contributed by atoms with van der Waals surface area (Å²) in [5.41, 5.74) is 2.61. The summed E-state index contributed by atoms with van der Waals surface area (Å²) in [6, 6.07) is 14.7. The molecular formula is C16H16ClNO. The molecule has 19 heavy (non-hydrogen) atoms. The lowest BCUT2D eigenvalue weighted by molar-refractivity contribution is 0.102. The van der Waals surface area contributed by atoms with Gasteiger partial charge >= 0.3 is 0 Å². The van der Waals surface area contributed by atoms with Crippen molar-refractivity contribution in [2.24, 2.45) is 0 Å². The molecular weight excluding hydrogens is 258 g/mol. The Labute approximate surface area is 118 Å². The van der Waals surface area contributed by atoms with E-state index in [-0.39, 0.29) is 5.91 Å². The number of carbonyl (C=O) groups is 1. The molecule has 0 aliphatic heterocycles. The topological polar surface area (TPSA) is 29.1 Å². The molecule has 3 heteroatoms. The average Bonchev–Trinajstić information content (AvgIpc) is 2.39. The van der Waals surface area contributed by atoms with Gasteiger partial charge in [-0.3, -0.25) is 4.79 Å². The second-order valence-electron chi connectivity index (χ2n) is 4.74. The van der Waals surface area contributed by atoms with Gasteiger partial charge in [0.25, 0.3) is 5.91 Å². The first-order valence-corrected chi connectivity index (χ1v) is 6.61. The van der Waals surface area contributed by atoms with Crippen molar-refractivity contribution in [2.45, 2.75) is 19.8 Å². The van der Waals surface area contributed by atoms with E-state index in [1.807, 2.05) is 18.2 Å². The van der Waals surface area contributed by atoms with Crippen LogP contribution in [0.1, 0.15) is 35.7 Å². The Kier molecular flexibility index (Phi) is 4.23. The molecule has 0 atom stereocenters. The van der Waals surface area contributed by atoms with E-state index < -0.39 is 0 Å². The van der Waals surface area contributed by atoms with Gasteiger partial charge in [0.2, 0.25) is 0 Å². The van der Waals surface area contributed by atoms with E-state index in [1.54, 1.807) is 24.3 Å². The van der Waals surface area contributed by atoms with Crippen LogP contribution in [0.5, 0.6) is 0 Å². The number of hydrogen-bond acceptors (Lipinski definition) is 1. The fourth-order valence-electron chi connectivity index (χ4n) is 1.78. The number of hydrogen-bond donors (Lipinski definition) is 1. The number of amides is 1. The molecule has 2 aromatic rings. The molecule has 0 aliphatic carbocycles. The molecule has 0 unspecified atom stereocenters. The normalized spacial score (nSPS) is 10.5. The minimum absolute atomic E-state index is 0.127. The van der Waals surface area contributed by atoms with Crippen molar-refractivity contribution in [3.8, 4) is 0 Å². The summed E-state index contributed by atoms with van der Waals surface area (Å²) < 4.78 is 0. The number of carbonyl (C=O) groups excluding carboxylic acids is 1. The zero-order valence-electron chi connectivity index (χ0n) is 11.0. The highest BCUT2D eigenvalue weighted by atomic mass is 35.5. The molecule has 0 radical (unpaired) electrons. The first kappa shape index (κ1) is 13.6. The Morgan fingerprint density at radius 3 is 2.42 bits per heavy atom. The predicted octanol–water partition coefficient (Wildman–Crippen LogP) is 4.72. The third kappa shape index (κ3) is 3.58. The van der Waals surface area contributed by atoms with Gasteiger partial charge in [-0.2, -0.15) is 0 Å². The van der Waals surface area contributed by atoms with Gasteiger partial charge in [-0.05, 0) is 47.9 Å². The van der Waals surface area contributed by atoms with Crippen molar-refractivity contribution in [3.63, 3.8) is 0 Å². The number of anilines is 1.